The number of pyridine rings is 1. The number of benzene rings is 2. The zero-order valence-corrected chi connectivity index (χ0v) is 16.1. The molecule has 0 radical (unpaired) electrons. The highest BCUT2D eigenvalue weighted by molar-refractivity contribution is 5.27. The molecule has 1 aromatic heterocycles. The molecule has 1 atom stereocenters. The number of aromatic nitrogens is 1. The highest BCUT2D eigenvalue weighted by Crippen LogP contribution is 2.28. The summed E-state index contributed by atoms with van der Waals surface area (Å²) >= 11 is 0. The van der Waals surface area contributed by atoms with E-state index in [4.69, 9.17) is 14.2 Å². The SMILES string of the molecule is Fc1ccc(OCC(COCc2cccc(Oc3ccc(F)cc3)n2)C(F)(F)F)cc1. The van der Waals surface area contributed by atoms with Crippen molar-refractivity contribution >= 4 is 0 Å². The molecule has 3 rings (SSSR count). The number of rotatable bonds is 9. The molecule has 0 bridgehead atoms. The minimum atomic E-state index is -4.54. The molecule has 4 nitrogen and oxygen atoms in total. The van der Waals surface area contributed by atoms with Gasteiger partial charge in [-0.15, -0.1) is 0 Å². The van der Waals surface area contributed by atoms with Crippen molar-refractivity contribution in [1.29, 1.82) is 0 Å². The fraction of sp³-hybridized carbons (Fsp3) is 0.227. The summed E-state index contributed by atoms with van der Waals surface area (Å²) in [5.74, 6) is -2.12. The lowest BCUT2D eigenvalue weighted by molar-refractivity contribution is -0.196. The Hall–Kier alpha value is -3.20. The van der Waals surface area contributed by atoms with Crippen molar-refractivity contribution in [2.75, 3.05) is 13.2 Å². The molecule has 164 valence electrons. The molecule has 1 heterocycles. The molecule has 0 aliphatic heterocycles. The van der Waals surface area contributed by atoms with E-state index in [9.17, 15) is 22.0 Å². The molecule has 0 spiro atoms. The van der Waals surface area contributed by atoms with Gasteiger partial charge < -0.3 is 14.2 Å². The quantitative estimate of drug-likeness (QED) is 0.388. The van der Waals surface area contributed by atoms with Crippen LogP contribution in [0.15, 0.2) is 66.7 Å². The number of hydrogen-bond acceptors (Lipinski definition) is 4. The molecule has 3 aromatic rings. The van der Waals surface area contributed by atoms with E-state index in [1.807, 2.05) is 0 Å². The van der Waals surface area contributed by atoms with E-state index in [0.717, 1.165) is 12.1 Å². The molecule has 9 heteroatoms. The van der Waals surface area contributed by atoms with Gasteiger partial charge in [0.2, 0.25) is 5.88 Å². The van der Waals surface area contributed by atoms with Gasteiger partial charge in [-0.25, -0.2) is 13.8 Å². The maximum atomic E-state index is 13.3. The summed E-state index contributed by atoms with van der Waals surface area (Å²) in [5.41, 5.74) is 0.361. The lowest BCUT2D eigenvalue weighted by Gasteiger charge is -2.20. The van der Waals surface area contributed by atoms with Crippen LogP contribution in [0.25, 0.3) is 0 Å². The van der Waals surface area contributed by atoms with Crippen molar-refractivity contribution in [2.45, 2.75) is 12.8 Å². The first kappa shape index (κ1) is 22.5. The molecule has 0 saturated heterocycles. The van der Waals surface area contributed by atoms with Crippen LogP contribution >= 0.6 is 0 Å². The predicted octanol–water partition coefficient (Wildman–Crippen LogP) is 5.93. The van der Waals surface area contributed by atoms with Crippen LogP contribution in [0.4, 0.5) is 22.0 Å². The topological polar surface area (TPSA) is 40.6 Å². The summed E-state index contributed by atoms with van der Waals surface area (Å²) in [4.78, 5) is 4.16. The number of halogens is 5. The van der Waals surface area contributed by atoms with Gasteiger partial charge in [0, 0.05) is 6.07 Å². The summed E-state index contributed by atoms with van der Waals surface area (Å²) in [7, 11) is 0. The number of ether oxygens (including phenoxy) is 3. The van der Waals surface area contributed by atoms with Crippen LogP contribution in [-0.4, -0.2) is 24.4 Å². The summed E-state index contributed by atoms with van der Waals surface area (Å²) < 4.78 is 81.5. The van der Waals surface area contributed by atoms with Gasteiger partial charge >= 0.3 is 6.18 Å². The molecule has 0 aliphatic carbocycles. The van der Waals surface area contributed by atoms with Crippen LogP contribution in [-0.2, 0) is 11.3 Å². The Balaban J connectivity index is 1.53. The van der Waals surface area contributed by atoms with Gasteiger partial charge in [0.25, 0.3) is 0 Å². The first-order valence-corrected chi connectivity index (χ1v) is 9.22. The third-order valence-corrected chi connectivity index (χ3v) is 4.11. The van der Waals surface area contributed by atoms with E-state index in [1.165, 1.54) is 36.4 Å². The zero-order chi connectivity index (χ0) is 22.3. The van der Waals surface area contributed by atoms with Crippen LogP contribution in [0, 0.1) is 17.6 Å². The van der Waals surface area contributed by atoms with Crippen molar-refractivity contribution in [1.82, 2.24) is 4.98 Å². The molecule has 0 amide bonds. The van der Waals surface area contributed by atoms with Crippen molar-refractivity contribution < 1.29 is 36.2 Å². The van der Waals surface area contributed by atoms with Crippen molar-refractivity contribution in [3.8, 4) is 17.4 Å². The Labute approximate surface area is 175 Å². The zero-order valence-electron chi connectivity index (χ0n) is 16.1. The maximum Gasteiger partial charge on any atom is 0.397 e. The fourth-order valence-corrected chi connectivity index (χ4v) is 2.49. The van der Waals surface area contributed by atoms with Crippen LogP contribution < -0.4 is 9.47 Å². The minimum absolute atomic E-state index is 0.128. The summed E-state index contributed by atoms with van der Waals surface area (Å²) in [6, 6.07) is 14.8. The lowest BCUT2D eigenvalue weighted by atomic mass is 10.1. The molecule has 0 saturated carbocycles. The average molecular weight is 439 g/mol. The monoisotopic (exact) mass is 439 g/mol. The standard InChI is InChI=1S/C22H18F5NO3/c23-16-4-8-19(9-5-16)30-13-15(22(25,26)27)12-29-14-18-2-1-3-21(28-18)31-20-10-6-17(24)7-11-20/h1-11,15H,12-14H2. The Kier molecular flexibility index (Phi) is 7.41. The number of hydrogen-bond donors (Lipinski definition) is 0. The van der Waals surface area contributed by atoms with Gasteiger partial charge in [0.1, 0.15) is 35.7 Å². The summed E-state index contributed by atoms with van der Waals surface area (Å²) in [6.45, 7) is -1.49. The van der Waals surface area contributed by atoms with Crippen LogP contribution in [0.3, 0.4) is 0 Å². The molecule has 31 heavy (non-hydrogen) atoms. The second-order valence-electron chi connectivity index (χ2n) is 6.54. The van der Waals surface area contributed by atoms with Crippen molar-refractivity contribution in [3.05, 3.63) is 84.1 Å². The summed E-state index contributed by atoms with van der Waals surface area (Å²) in [6.07, 6.45) is -4.54. The maximum absolute atomic E-state index is 13.3. The first-order valence-electron chi connectivity index (χ1n) is 9.22. The fourth-order valence-electron chi connectivity index (χ4n) is 2.49. The van der Waals surface area contributed by atoms with Crippen LogP contribution in [0.2, 0.25) is 0 Å². The van der Waals surface area contributed by atoms with Gasteiger partial charge in [0.05, 0.1) is 18.9 Å². The predicted molar refractivity (Wildman–Crippen MR) is 102 cm³/mol. The Morgan fingerprint density at radius 3 is 2.00 bits per heavy atom. The molecule has 0 aliphatic rings. The van der Waals surface area contributed by atoms with E-state index in [2.05, 4.69) is 4.98 Å². The highest BCUT2D eigenvalue weighted by atomic mass is 19.4. The molecule has 0 fully saturated rings. The van der Waals surface area contributed by atoms with E-state index < -0.39 is 36.9 Å². The van der Waals surface area contributed by atoms with Gasteiger partial charge in [-0.2, -0.15) is 13.2 Å². The van der Waals surface area contributed by atoms with Crippen LogP contribution in [0.5, 0.6) is 17.4 Å². The number of alkyl halides is 3. The third kappa shape index (κ3) is 7.21. The average Bonchev–Trinajstić information content (AvgIpc) is 2.73. The second-order valence-corrected chi connectivity index (χ2v) is 6.54. The third-order valence-electron chi connectivity index (χ3n) is 4.11. The largest absolute Gasteiger partial charge is 0.493 e. The molecule has 0 N–H and O–H groups in total. The van der Waals surface area contributed by atoms with Crippen molar-refractivity contribution in [2.24, 2.45) is 5.92 Å². The Morgan fingerprint density at radius 1 is 0.774 bits per heavy atom. The molecule has 2 aromatic carbocycles. The first-order chi connectivity index (χ1) is 14.8. The van der Waals surface area contributed by atoms with Crippen LogP contribution in [0.1, 0.15) is 5.69 Å². The van der Waals surface area contributed by atoms with E-state index >= 15 is 0 Å². The lowest BCUT2D eigenvalue weighted by Crippen LogP contribution is -2.32. The smallest absolute Gasteiger partial charge is 0.397 e. The molecule has 1 unspecified atom stereocenters. The van der Waals surface area contributed by atoms with Gasteiger partial charge in [0.15, 0.2) is 0 Å². The highest BCUT2D eigenvalue weighted by Gasteiger charge is 2.40. The second kappa shape index (κ2) is 10.2. The van der Waals surface area contributed by atoms with Gasteiger partial charge in [-0.1, -0.05) is 6.07 Å². The summed E-state index contributed by atoms with van der Waals surface area (Å²) in [5, 5.41) is 0. The van der Waals surface area contributed by atoms with E-state index in [1.54, 1.807) is 18.2 Å². The Morgan fingerprint density at radius 2 is 1.39 bits per heavy atom. The molecular formula is C22H18F5NO3. The normalized spacial score (nSPS) is 12.4. The van der Waals surface area contributed by atoms with Gasteiger partial charge in [-0.05, 0) is 54.6 Å². The Bertz CT molecular complexity index is 962. The van der Waals surface area contributed by atoms with Gasteiger partial charge in [-0.3, -0.25) is 0 Å². The van der Waals surface area contributed by atoms with E-state index in [-0.39, 0.29) is 18.2 Å². The van der Waals surface area contributed by atoms with Crippen molar-refractivity contribution in [3.63, 3.8) is 0 Å². The van der Waals surface area contributed by atoms with E-state index in [0.29, 0.717) is 11.4 Å². The molecular weight excluding hydrogens is 421 g/mol. The number of nitrogens with zero attached hydrogens (tertiary/aromatic N) is 1. The minimum Gasteiger partial charge on any atom is -0.493 e.